The second-order valence-corrected chi connectivity index (χ2v) is 14.1. The van der Waals surface area contributed by atoms with Crippen LogP contribution in [0.4, 0.5) is 5.69 Å². The molecule has 7 atom stereocenters. The highest BCUT2D eigenvalue weighted by Gasteiger charge is 2.64. The number of amides is 1. The molecule has 1 aliphatic heterocycles. The second kappa shape index (κ2) is 9.09. The molecule has 5 aliphatic rings. The van der Waals surface area contributed by atoms with Crippen molar-refractivity contribution in [2.24, 2.45) is 34.5 Å². The molecule has 38 heavy (non-hydrogen) atoms. The van der Waals surface area contributed by atoms with Crippen molar-refractivity contribution >= 4 is 17.4 Å². The van der Waals surface area contributed by atoms with Crippen molar-refractivity contribution in [3.05, 3.63) is 41.5 Å². The Morgan fingerprint density at radius 2 is 1.76 bits per heavy atom. The Hall–Kier alpha value is -2.38. The topological polar surface area (TPSA) is 57.6 Å². The third kappa shape index (κ3) is 4.17. The van der Waals surface area contributed by atoms with Gasteiger partial charge in [0.25, 0.3) is 0 Å². The van der Waals surface area contributed by atoms with Crippen molar-refractivity contribution in [2.75, 3.05) is 11.4 Å². The molecule has 1 amide bonds. The number of carbonyl (C=O) groups is 2. The highest BCUT2D eigenvalue weighted by atomic mass is 16.3. The Morgan fingerprint density at radius 1 is 1.00 bits per heavy atom. The standard InChI is InChI=1S/C34H43NO3/c1-32(2,3)17-18-34(38)16-15-29-27-13-9-23-20-25(36)12-14-26(23)31(27)28(21-33(29,34)4)22-7-10-24(11-8-22)35-19-5-6-30(35)37/h7-8,10-11,20,26-29,31,38H,5-6,9,12-16,19,21H2,1-4H3/t26-,27-,28+,29-,31+,33-,34+/m0/s1. The molecule has 4 aliphatic carbocycles. The van der Waals surface area contributed by atoms with Gasteiger partial charge in [0, 0.05) is 35.9 Å². The van der Waals surface area contributed by atoms with E-state index in [0.29, 0.717) is 48.2 Å². The normalized spacial score (nSPS) is 38.6. The van der Waals surface area contributed by atoms with Crippen LogP contribution in [0.25, 0.3) is 0 Å². The Bertz CT molecular complexity index is 1230. The van der Waals surface area contributed by atoms with E-state index in [4.69, 9.17) is 0 Å². The van der Waals surface area contributed by atoms with Gasteiger partial charge in [0.15, 0.2) is 5.78 Å². The number of nitrogens with zero attached hydrogens (tertiary/aromatic N) is 1. The third-order valence-electron chi connectivity index (χ3n) is 10.8. The van der Waals surface area contributed by atoms with Gasteiger partial charge in [0.05, 0.1) is 0 Å². The van der Waals surface area contributed by atoms with Crippen LogP contribution in [-0.2, 0) is 9.59 Å². The first-order chi connectivity index (χ1) is 18.0. The molecular weight excluding hydrogens is 470 g/mol. The molecule has 1 N–H and O–H groups in total. The minimum atomic E-state index is -0.977. The largest absolute Gasteiger partial charge is 0.377 e. The minimum Gasteiger partial charge on any atom is -0.377 e. The van der Waals surface area contributed by atoms with Gasteiger partial charge in [-0.05, 0) is 119 Å². The van der Waals surface area contributed by atoms with E-state index in [9.17, 15) is 14.7 Å². The summed E-state index contributed by atoms with van der Waals surface area (Å²) in [4.78, 5) is 26.6. The number of ketones is 1. The monoisotopic (exact) mass is 513 g/mol. The van der Waals surface area contributed by atoms with Crippen LogP contribution in [0.2, 0.25) is 0 Å². The predicted molar refractivity (Wildman–Crippen MR) is 150 cm³/mol. The number of aliphatic hydroxyl groups is 1. The number of fused-ring (bicyclic) bond motifs is 5. The molecule has 1 saturated heterocycles. The summed E-state index contributed by atoms with van der Waals surface area (Å²) in [5, 5.41) is 12.2. The number of carbonyl (C=O) groups excluding carboxylic acids is 2. The van der Waals surface area contributed by atoms with Crippen LogP contribution < -0.4 is 4.90 Å². The van der Waals surface area contributed by atoms with Gasteiger partial charge in [-0.25, -0.2) is 0 Å². The van der Waals surface area contributed by atoms with Gasteiger partial charge in [0.1, 0.15) is 5.60 Å². The van der Waals surface area contributed by atoms with Gasteiger partial charge < -0.3 is 10.0 Å². The van der Waals surface area contributed by atoms with Gasteiger partial charge in [0.2, 0.25) is 5.91 Å². The third-order valence-corrected chi connectivity index (χ3v) is 10.8. The maximum Gasteiger partial charge on any atom is 0.227 e. The smallest absolute Gasteiger partial charge is 0.227 e. The molecule has 0 bridgehead atoms. The van der Waals surface area contributed by atoms with E-state index in [2.05, 4.69) is 63.8 Å². The van der Waals surface area contributed by atoms with Gasteiger partial charge >= 0.3 is 0 Å². The average molecular weight is 514 g/mol. The first kappa shape index (κ1) is 25.9. The second-order valence-electron chi connectivity index (χ2n) is 14.1. The minimum absolute atomic E-state index is 0.150. The van der Waals surface area contributed by atoms with E-state index in [1.807, 2.05) is 11.0 Å². The summed E-state index contributed by atoms with van der Waals surface area (Å²) in [6.45, 7) is 9.46. The number of allylic oxidation sites excluding steroid dienone is 1. The number of rotatable bonds is 2. The van der Waals surface area contributed by atoms with Gasteiger partial charge in [-0.2, -0.15) is 0 Å². The van der Waals surface area contributed by atoms with Gasteiger partial charge in [-0.1, -0.05) is 36.5 Å². The zero-order valence-electron chi connectivity index (χ0n) is 23.6. The number of hydrogen-bond donors (Lipinski definition) is 1. The molecule has 4 fully saturated rings. The van der Waals surface area contributed by atoms with E-state index in [1.54, 1.807) is 0 Å². The van der Waals surface area contributed by atoms with E-state index in [1.165, 1.54) is 11.1 Å². The van der Waals surface area contributed by atoms with Crippen LogP contribution in [0.5, 0.6) is 0 Å². The van der Waals surface area contributed by atoms with Gasteiger partial charge in [-0.3, -0.25) is 9.59 Å². The fraction of sp³-hybridized carbons (Fsp3) is 0.647. The molecule has 0 spiro atoms. The molecular formula is C34H43NO3. The van der Waals surface area contributed by atoms with E-state index in [-0.39, 0.29) is 16.7 Å². The number of anilines is 1. The fourth-order valence-corrected chi connectivity index (χ4v) is 8.97. The maximum absolute atomic E-state index is 12.4. The molecule has 0 radical (unpaired) electrons. The molecule has 1 heterocycles. The van der Waals surface area contributed by atoms with Gasteiger partial charge in [-0.15, -0.1) is 0 Å². The number of benzene rings is 1. The van der Waals surface area contributed by atoms with Crippen LogP contribution >= 0.6 is 0 Å². The highest BCUT2D eigenvalue weighted by molar-refractivity contribution is 5.95. The summed E-state index contributed by atoms with van der Waals surface area (Å²) in [6, 6.07) is 8.75. The molecule has 4 heteroatoms. The van der Waals surface area contributed by atoms with Crippen molar-refractivity contribution in [2.45, 2.75) is 97.0 Å². The van der Waals surface area contributed by atoms with Crippen molar-refractivity contribution in [1.82, 2.24) is 0 Å². The van der Waals surface area contributed by atoms with Crippen molar-refractivity contribution < 1.29 is 14.7 Å². The van der Waals surface area contributed by atoms with Crippen molar-refractivity contribution in [3.63, 3.8) is 0 Å². The molecule has 1 aromatic carbocycles. The summed E-state index contributed by atoms with van der Waals surface area (Å²) in [6.07, 6.45) is 9.94. The first-order valence-electron chi connectivity index (χ1n) is 14.9. The van der Waals surface area contributed by atoms with E-state index >= 15 is 0 Å². The van der Waals surface area contributed by atoms with E-state index < -0.39 is 5.60 Å². The molecule has 4 nitrogen and oxygen atoms in total. The summed E-state index contributed by atoms with van der Waals surface area (Å²) in [5.74, 6) is 9.54. The quantitative estimate of drug-likeness (QED) is 0.464. The molecule has 6 rings (SSSR count). The van der Waals surface area contributed by atoms with Crippen molar-refractivity contribution in [3.8, 4) is 11.8 Å². The highest BCUT2D eigenvalue weighted by Crippen LogP contribution is 2.68. The van der Waals surface area contributed by atoms with Crippen molar-refractivity contribution in [1.29, 1.82) is 0 Å². The summed E-state index contributed by atoms with van der Waals surface area (Å²) >= 11 is 0. The predicted octanol–water partition coefficient (Wildman–Crippen LogP) is 6.43. The molecule has 3 saturated carbocycles. The van der Waals surface area contributed by atoms with Crippen LogP contribution in [0, 0.1) is 46.3 Å². The lowest BCUT2D eigenvalue weighted by molar-refractivity contribution is -0.118. The summed E-state index contributed by atoms with van der Waals surface area (Å²) in [5.41, 5.74) is 2.28. The molecule has 202 valence electrons. The summed E-state index contributed by atoms with van der Waals surface area (Å²) < 4.78 is 0. The number of hydrogen-bond acceptors (Lipinski definition) is 3. The lowest BCUT2D eigenvalue weighted by Gasteiger charge is -2.58. The average Bonchev–Trinajstić information content (AvgIpc) is 3.42. The Balaban J connectivity index is 1.41. The Labute approximate surface area is 228 Å². The Kier molecular flexibility index (Phi) is 6.19. The summed E-state index contributed by atoms with van der Waals surface area (Å²) in [7, 11) is 0. The lowest BCUT2D eigenvalue weighted by atomic mass is 9.46. The maximum atomic E-state index is 12.4. The zero-order valence-corrected chi connectivity index (χ0v) is 23.6. The van der Waals surface area contributed by atoms with Crippen LogP contribution in [-0.4, -0.2) is 28.9 Å². The van der Waals surface area contributed by atoms with E-state index in [0.717, 1.165) is 57.2 Å². The van der Waals surface area contributed by atoms with Crippen LogP contribution in [0.3, 0.4) is 0 Å². The Morgan fingerprint density at radius 3 is 2.45 bits per heavy atom. The SMILES string of the molecule is CC(C)(C)C#C[C@]1(O)CC[C@H]2[C@@H]3CCC4=CC(=O)CC[C@@H]4[C@H]3[C@@H](c3ccc(N4CCCC4=O)cc3)C[C@@]21C. The fourth-order valence-electron chi connectivity index (χ4n) is 8.97. The van der Waals surface area contributed by atoms with Crippen LogP contribution in [0.15, 0.2) is 35.9 Å². The van der Waals surface area contributed by atoms with Crippen LogP contribution in [0.1, 0.15) is 97.0 Å². The molecule has 0 unspecified atom stereocenters. The zero-order chi connectivity index (χ0) is 26.9. The molecule has 0 aromatic heterocycles. The molecule has 1 aromatic rings. The lowest BCUT2D eigenvalue weighted by Crippen LogP contribution is -2.54. The first-order valence-corrected chi connectivity index (χ1v) is 14.9.